The molecule has 1 unspecified atom stereocenters. The molecular weight excluding hydrogens is 241 g/mol. The van der Waals surface area contributed by atoms with Crippen molar-refractivity contribution in [3.05, 3.63) is 47.0 Å². The number of nitrogens with zero attached hydrogens (tertiary/aromatic N) is 2. The van der Waals surface area contributed by atoms with Gasteiger partial charge in [0.25, 0.3) is 0 Å². The third kappa shape index (κ3) is 2.84. The number of halogens is 2. The fourth-order valence-electron chi connectivity index (χ4n) is 1.72. The monoisotopic (exact) mass is 253 g/mol. The van der Waals surface area contributed by atoms with E-state index in [-0.39, 0.29) is 11.9 Å². The van der Waals surface area contributed by atoms with E-state index in [0.29, 0.717) is 11.4 Å². The molecule has 1 aromatic carbocycles. The van der Waals surface area contributed by atoms with Crippen molar-refractivity contribution in [2.24, 2.45) is 5.73 Å². The summed E-state index contributed by atoms with van der Waals surface area (Å²) in [6.07, 6.45) is 3.81. The van der Waals surface area contributed by atoms with E-state index in [0.717, 1.165) is 11.3 Å². The predicted octanol–water partition coefficient (Wildman–Crippen LogP) is 2.55. The number of hydrogen-bond donors (Lipinski definition) is 1. The van der Waals surface area contributed by atoms with Gasteiger partial charge in [-0.25, -0.2) is 9.07 Å². The van der Waals surface area contributed by atoms with Crippen molar-refractivity contribution in [1.29, 1.82) is 0 Å². The van der Waals surface area contributed by atoms with Crippen LogP contribution in [0.5, 0.6) is 0 Å². The van der Waals surface area contributed by atoms with Crippen molar-refractivity contribution in [3.8, 4) is 5.69 Å². The average molecular weight is 254 g/mol. The topological polar surface area (TPSA) is 43.8 Å². The molecule has 1 atom stereocenters. The molecule has 2 aromatic rings. The fourth-order valence-corrected chi connectivity index (χ4v) is 1.86. The largest absolute Gasteiger partial charge is 0.328 e. The third-order valence-electron chi connectivity index (χ3n) is 2.38. The summed E-state index contributed by atoms with van der Waals surface area (Å²) < 4.78 is 14.8. The smallest absolute Gasteiger partial charge is 0.123 e. The molecule has 0 aliphatic carbocycles. The maximum atomic E-state index is 13.2. The molecule has 0 aliphatic rings. The van der Waals surface area contributed by atoms with Crippen molar-refractivity contribution in [1.82, 2.24) is 9.78 Å². The van der Waals surface area contributed by atoms with Crippen LogP contribution in [0.3, 0.4) is 0 Å². The van der Waals surface area contributed by atoms with Gasteiger partial charge in [0.05, 0.1) is 16.9 Å². The molecule has 3 nitrogen and oxygen atoms in total. The maximum absolute atomic E-state index is 13.2. The SMILES string of the molecule is CC(N)Cc1cc(F)ccc1-n1cc(Cl)cn1. The molecule has 0 aliphatic heterocycles. The van der Waals surface area contributed by atoms with Crippen LogP contribution in [0.4, 0.5) is 4.39 Å². The number of nitrogens with two attached hydrogens (primary N) is 1. The molecular formula is C12H13ClFN3. The van der Waals surface area contributed by atoms with Crippen LogP contribution in [0.1, 0.15) is 12.5 Å². The highest BCUT2D eigenvalue weighted by Gasteiger charge is 2.09. The summed E-state index contributed by atoms with van der Waals surface area (Å²) in [4.78, 5) is 0. The quantitative estimate of drug-likeness (QED) is 0.914. The van der Waals surface area contributed by atoms with Crippen molar-refractivity contribution < 1.29 is 4.39 Å². The third-order valence-corrected chi connectivity index (χ3v) is 2.58. The van der Waals surface area contributed by atoms with Crippen LogP contribution in [0.15, 0.2) is 30.6 Å². The first-order valence-electron chi connectivity index (χ1n) is 5.31. The summed E-state index contributed by atoms with van der Waals surface area (Å²) in [6, 6.07) is 4.52. The molecule has 1 aromatic heterocycles. The van der Waals surface area contributed by atoms with Crippen molar-refractivity contribution >= 4 is 11.6 Å². The first-order valence-corrected chi connectivity index (χ1v) is 5.68. The van der Waals surface area contributed by atoms with E-state index in [1.807, 2.05) is 6.92 Å². The molecule has 0 saturated heterocycles. The fraction of sp³-hybridized carbons (Fsp3) is 0.250. The Hall–Kier alpha value is -1.39. The van der Waals surface area contributed by atoms with Crippen molar-refractivity contribution in [2.45, 2.75) is 19.4 Å². The number of hydrogen-bond acceptors (Lipinski definition) is 2. The molecule has 0 saturated carbocycles. The predicted molar refractivity (Wildman–Crippen MR) is 65.9 cm³/mol. The normalized spacial score (nSPS) is 12.7. The first-order chi connectivity index (χ1) is 8.06. The zero-order valence-electron chi connectivity index (χ0n) is 9.40. The minimum atomic E-state index is -0.275. The van der Waals surface area contributed by atoms with Gasteiger partial charge >= 0.3 is 0 Å². The van der Waals surface area contributed by atoms with E-state index < -0.39 is 0 Å². The minimum Gasteiger partial charge on any atom is -0.328 e. The van der Waals surface area contributed by atoms with Gasteiger partial charge in [0.2, 0.25) is 0 Å². The second kappa shape index (κ2) is 4.85. The van der Waals surface area contributed by atoms with Gasteiger partial charge in [-0.2, -0.15) is 5.10 Å². The Morgan fingerprint density at radius 1 is 1.53 bits per heavy atom. The lowest BCUT2D eigenvalue weighted by molar-refractivity contribution is 0.621. The van der Waals surface area contributed by atoms with Crippen LogP contribution >= 0.6 is 11.6 Å². The summed E-state index contributed by atoms with van der Waals surface area (Å²) in [5.41, 5.74) is 7.37. The molecule has 5 heteroatoms. The van der Waals surface area contributed by atoms with Crippen molar-refractivity contribution in [2.75, 3.05) is 0 Å². The van der Waals surface area contributed by atoms with Gasteiger partial charge in [-0.1, -0.05) is 11.6 Å². The van der Waals surface area contributed by atoms with E-state index in [2.05, 4.69) is 5.10 Å². The van der Waals surface area contributed by atoms with E-state index in [9.17, 15) is 4.39 Å². The molecule has 2 rings (SSSR count). The Morgan fingerprint density at radius 2 is 2.29 bits per heavy atom. The van der Waals surface area contributed by atoms with Gasteiger partial charge in [-0.15, -0.1) is 0 Å². The van der Waals surface area contributed by atoms with E-state index >= 15 is 0 Å². The number of benzene rings is 1. The second-order valence-electron chi connectivity index (χ2n) is 4.06. The van der Waals surface area contributed by atoms with Gasteiger partial charge < -0.3 is 5.73 Å². The van der Waals surface area contributed by atoms with Crippen LogP contribution < -0.4 is 5.73 Å². The lowest BCUT2D eigenvalue weighted by Gasteiger charge is -2.11. The van der Waals surface area contributed by atoms with Crippen LogP contribution in [-0.4, -0.2) is 15.8 Å². The van der Waals surface area contributed by atoms with Crippen LogP contribution in [-0.2, 0) is 6.42 Å². The highest BCUT2D eigenvalue weighted by Crippen LogP contribution is 2.19. The van der Waals surface area contributed by atoms with E-state index in [1.54, 1.807) is 23.1 Å². The van der Waals surface area contributed by atoms with Gasteiger partial charge in [-0.3, -0.25) is 0 Å². The molecule has 2 N–H and O–H groups in total. The Morgan fingerprint density at radius 3 is 2.88 bits per heavy atom. The molecule has 1 heterocycles. The summed E-state index contributed by atoms with van der Waals surface area (Å²) in [5.74, 6) is -0.275. The molecule has 90 valence electrons. The van der Waals surface area contributed by atoms with Crippen LogP contribution in [0, 0.1) is 5.82 Å². The number of rotatable bonds is 3. The summed E-state index contributed by atoms with van der Waals surface area (Å²) >= 11 is 5.82. The Kier molecular flexibility index (Phi) is 3.45. The minimum absolute atomic E-state index is 0.0402. The highest BCUT2D eigenvalue weighted by molar-refractivity contribution is 6.30. The Balaban J connectivity index is 2.45. The summed E-state index contributed by atoms with van der Waals surface area (Å²) in [6.45, 7) is 1.88. The average Bonchev–Trinajstić information content (AvgIpc) is 2.64. The molecule has 0 spiro atoms. The highest BCUT2D eigenvalue weighted by atomic mass is 35.5. The Bertz CT molecular complexity index is 522. The molecule has 17 heavy (non-hydrogen) atoms. The maximum Gasteiger partial charge on any atom is 0.123 e. The molecule has 0 amide bonds. The molecule has 0 radical (unpaired) electrons. The lowest BCUT2D eigenvalue weighted by Crippen LogP contribution is -2.19. The van der Waals surface area contributed by atoms with Crippen LogP contribution in [0.25, 0.3) is 5.69 Å². The zero-order chi connectivity index (χ0) is 12.4. The van der Waals surface area contributed by atoms with E-state index in [4.69, 9.17) is 17.3 Å². The standard InChI is InChI=1S/C12H13ClFN3/c1-8(15)4-9-5-11(14)2-3-12(9)17-7-10(13)6-16-17/h2-3,5-8H,4,15H2,1H3. The zero-order valence-corrected chi connectivity index (χ0v) is 10.2. The second-order valence-corrected chi connectivity index (χ2v) is 4.49. The summed E-state index contributed by atoms with van der Waals surface area (Å²) in [5, 5.41) is 4.65. The van der Waals surface area contributed by atoms with E-state index in [1.165, 1.54) is 12.1 Å². The van der Waals surface area contributed by atoms with Crippen molar-refractivity contribution in [3.63, 3.8) is 0 Å². The van der Waals surface area contributed by atoms with Gasteiger partial charge in [0, 0.05) is 12.2 Å². The van der Waals surface area contributed by atoms with Gasteiger partial charge in [0.15, 0.2) is 0 Å². The van der Waals surface area contributed by atoms with Gasteiger partial charge in [0.1, 0.15) is 5.82 Å². The van der Waals surface area contributed by atoms with Gasteiger partial charge in [-0.05, 0) is 37.1 Å². The lowest BCUT2D eigenvalue weighted by atomic mass is 10.1. The molecule has 0 fully saturated rings. The number of aromatic nitrogens is 2. The summed E-state index contributed by atoms with van der Waals surface area (Å²) in [7, 11) is 0. The Labute approximate surface area is 104 Å². The van der Waals surface area contributed by atoms with Crippen LogP contribution in [0.2, 0.25) is 5.02 Å². The molecule has 0 bridgehead atoms. The first kappa shape index (κ1) is 12.1.